The van der Waals surface area contributed by atoms with Crippen LogP contribution in [0.4, 0.5) is 0 Å². The summed E-state index contributed by atoms with van der Waals surface area (Å²) in [4.78, 5) is 0. The van der Waals surface area contributed by atoms with Crippen molar-refractivity contribution in [3.63, 3.8) is 0 Å². The highest BCUT2D eigenvalue weighted by Gasteiger charge is 2.48. The second kappa shape index (κ2) is 8.14. The minimum atomic E-state index is 0.147. The van der Waals surface area contributed by atoms with Gasteiger partial charge in [-0.15, -0.1) is 0 Å². The SMILES string of the molecule is Cc1cc(CCCC[C@@]2(C3=CC=CCN3)CCOC3(CCCC3)C2)cnn1. The van der Waals surface area contributed by atoms with Gasteiger partial charge in [0.25, 0.3) is 0 Å². The molecule has 1 saturated heterocycles. The summed E-state index contributed by atoms with van der Waals surface area (Å²) in [6.45, 7) is 3.89. The summed E-state index contributed by atoms with van der Waals surface area (Å²) in [5, 5.41) is 11.9. The first-order valence-corrected chi connectivity index (χ1v) is 10.7. The van der Waals surface area contributed by atoms with Crippen LogP contribution in [0.3, 0.4) is 0 Å². The molecule has 4 rings (SSSR count). The molecular formula is C23H33N3O. The Morgan fingerprint density at radius 2 is 2.07 bits per heavy atom. The lowest BCUT2D eigenvalue weighted by atomic mass is 9.66. The van der Waals surface area contributed by atoms with Gasteiger partial charge in [-0.1, -0.05) is 31.4 Å². The third-order valence-corrected chi connectivity index (χ3v) is 6.75. The second-order valence-electron chi connectivity index (χ2n) is 8.75. The van der Waals surface area contributed by atoms with Gasteiger partial charge in [-0.05, 0) is 69.6 Å². The molecule has 2 aliphatic heterocycles. The van der Waals surface area contributed by atoms with Crippen molar-refractivity contribution in [3.8, 4) is 0 Å². The molecule has 1 saturated carbocycles. The molecule has 4 heteroatoms. The van der Waals surface area contributed by atoms with Gasteiger partial charge >= 0.3 is 0 Å². The van der Waals surface area contributed by atoms with Crippen molar-refractivity contribution in [2.75, 3.05) is 13.2 Å². The number of rotatable bonds is 6. The first-order valence-electron chi connectivity index (χ1n) is 10.7. The summed E-state index contributed by atoms with van der Waals surface area (Å²) in [6.07, 6.45) is 21.0. The van der Waals surface area contributed by atoms with E-state index in [-0.39, 0.29) is 11.0 Å². The van der Waals surface area contributed by atoms with Crippen LogP contribution in [0.5, 0.6) is 0 Å². The molecule has 2 fully saturated rings. The molecule has 4 nitrogen and oxygen atoms in total. The Hall–Kier alpha value is -1.68. The molecule has 0 bridgehead atoms. The van der Waals surface area contributed by atoms with Gasteiger partial charge in [0.1, 0.15) is 0 Å². The molecule has 1 aliphatic carbocycles. The lowest BCUT2D eigenvalue weighted by Gasteiger charge is -2.48. The van der Waals surface area contributed by atoms with Crippen molar-refractivity contribution in [1.82, 2.24) is 15.5 Å². The molecule has 0 radical (unpaired) electrons. The summed E-state index contributed by atoms with van der Waals surface area (Å²) in [5.74, 6) is 0. The predicted molar refractivity (Wildman–Crippen MR) is 108 cm³/mol. The maximum Gasteiger partial charge on any atom is 0.0691 e. The maximum absolute atomic E-state index is 6.37. The Balaban J connectivity index is 1.44. The molecule has 1 spiro atoms. The van der Waals surface area contributed by atoms with E-state index < -0.39 is 0 Å². The third kappa shape index (κ3) is 4.26. The number of ether oxygens (including phenoxy) is 1. The minimum absolute atomic E-state index is 0.147. The van der Waals surface area contributed by atoms with E-state index in [2.05, 4.69) is 39.8 Å². The molecule has 1 N–H and O–H groups in total. The highest BCUT2D eigenvalue weighted by atomic mass is 16.5. The van der Waals surface area contributed by atoms with Crippen LogP contribution in [-0.4, -0.2) is 29.0 Å². The lowest BCUT2D eigenvalue weighted by Crippen LogP contribution is -2.47. The second-order valence-corrected chi connectivity index (χ2v) is 8.75. The normalized spacial score (nSPS) is 26.8. The van der Waals surface area contributed by atoms with Gasteiger partial charge in [0.15, 0.2) is 0 Å². The Morgan fingerprint density at radius 3 is 2.85 bits per heavy atom. The summed E-state index contributed by atoms with van der Waals surface area (Å²) in [6, 6.07) is 2.17. The minimum Gasteiger partial charge on any atom is -0.384 e. The maximum atomic E-state index is 6.37. The number of allylic oxidation sites excluding steroid dienone is 3. The summed E-state index contributed by atoms with van der Waals surface area (Å²) >= 11 is 0. The molecule has 27 heavy (non-hydrogen) atoms. The van der Waals surface area contributed by atoms with Crippen molar-refractivity contribution in [2.45, 2.75) is 76.7 Å². The number of dihydropyridines is 1. The molecule has 0 aromatic carbocycles. The zero-order chi connectivity index (χ0) is 18.6. The Kier molecular flexibility index (Phi) is 5.63. The fourth-order valence-electron chi connectivity index (χ4n) is 5.42. The predicted octanol–water partition coefficient (Wildman–Crippen LogP) is 4.65. The molecule has 3 heterocycles. The summed E-state index contributed by atoms with van der Waals surface area (Å²) < 4.78 is 6.37. The van der Waals surface area contributed by atoms with Crippen molar-refractivity contribution in [1.29, 1.82) is 0 Å². The van der Waals surface area contributed by atoms with Gasteiger partial charge in [-0.3, -0.25) is 0 Å². The first kappa shape index (κ1) is 18.7. The van der Waals surface area contributed by atoms with Gasteiger partial charge < -0.3 is 10.1 Å². The molecule has 0 amide bonds. The molecule has 1 aromatic rings. The number of nitrogens with zero attached hydrogens (tertiary/aromatic N) is 2. The van der Waals surface area contributed by atoms with E-state index in [0.717, 1.165) is 31.7 Å². The van der Waals surface area contributed by atoms with E-state index in [9.17, 15) is 0 Å². The van der Waals surface area contributed by atoms with Crippen LogP contribution in [0.25, 0.3) is 0 Å². The van der Waals surface area contributed by atoms with E-state index in [1.165, 1.54) is 62.6 Å². The van der Waals surface area contributed by atoms with Crippen LogP contribution in [0.15, 0.2) is 36.2 Å². The average molecular weight is 368 g/mol. The smallest absolute Gasteiger partial charge is 0.0691 e. The first-order chi connectivity index (χ1) is 13.2. The Morgan fingerprint density at radius 1 is 1.19 bits per heavy atom. The fourth-order valence-corrected chi connectivity index (χ4v) is 5.42. The number of aromatic nitrogens is 2. The van der Waals surface area contributed by atoms with E-state index in [1.807, 2.05) is 13.1 Å². The topological polar surface area (TPSA) is 47.0 Å². The summed E-state index contributed by atoms with van der Waals surface area (Å²) in [7, 11) is 0. The van der Waals surface area contributed by atoms with Crippen molar-refractivity contribution in [2.24, 2.45) is 5.41 Å². The van der Waals surface area contributed by atoms with E-state index in [4.69, 9.17) is 4.74 Å². The molecule has 3 aliphatic rings. The van der Waals surface area contributed by atoms with Crippen LogP contribution < -0.4 is 5.32 Å². The standard InChI is InChI=1S/C23H33N3O/c1-19-16-20(17-25-26-19)8-2-4-10-22(21-9-3-7-14-24-21)13-15-27-23(18-22)11-5-6-12-23/h3,7,9,16-17,24H,2,4-6,8,10-15,18H2,1H3/t22-/m1/s1. The largest absolute Gasteiger partial charge is 0.384 e. The number of nitrogens with one attached hydrogen (secondary N) is 1. The average Bonchev–Trinajstić information content (AvgIpc) is 3.13. The quantitative estimate of drug-likeness (QED) is 0.744. The van der Waals surface area contributed by atoms with Crippen LogP contribution >= 0.6 is 0 Å². The molecule has 1 aromatic heterocycles. The van der Waals surface area contributed by atoms with Crippen molar-refractivity contribution < 1.29 is 4.74 Å². The monoisotopic (exact) mass is 367 g/mol. The third-order valence-electron chi connectivity index (χ3n) is 6.75. The van der Waals surface area contributed by atoms with Gasteiger partial charge in [0, 0.05) is 24.3 Å². The van der Waals surface area contributed by atoms with Gasteiger partial charge in [-0.2, -0.15) is 10.2 Å². The van der Waals surface area contributed by atoms with Gasteiger partial charge in [0.2, 0.25) is 0 Å². The van der Waals surface area contributed by atoms with E-state index >= 15 is 0 Å². The van der Waals surface area contributed by atoms with E-state index in [1.54, 1.807) is 0 Å². The zero-order valence-electron chi connectivity index (χ0n) is 16.7. The van der Waals surface area contributed by atoms with Crippen LogP contribution in [-0.2, 0) is 11.2 Å². The van der Waals surface area contributed by atoms with Crippen LogP contribution in [0, 0.1) is 12.3 Å². The Bertz CT molecular complexity index is 705. The molecule has 1 atom stereocenters. The fraction of sp³-hybridized carbons (Fsp3) is 0.652. The number of hydrogen-bond donors (Lipinski definition) is 1. The zero-order valence-corrected chi connectivity index (χ0v) is 16.7. The number of hydrogen-bond acceptors (Lipinski definition) is 4. The van der Waals surface area contributed by atoms with Gasteiger partial charge in [-0.25, -0.2) is 0 Å². The van der Waals surface area contributed by atoms with Crippen molar-refractivity contribution >= 4 is 0 Å². The molecular weight excluding hydrogens is 334 g/mol. The van der Waals surface area contributed by atoms with Crippen LogP contribution in [0.1, 0.15) is 69.0 Å². The number of unbranched alkanes of at least 4 members (excludes halogenated alkanes) is 1. The molecule has 146 valence electrons. The highest BCUT2D eigenvalue weighted by molar-refractivity contribution is 5.25. The lowest BCUT2D eigenvalue weighted by molar-refractivity contribution is -0.116. The number of aryl methyl sites for hydroxylation is 2. The molecule has 0 unspecified atom stereocenters. The van der Waals surface area contributed by atoms with Crippen LogP contribution in [0.2, 0.25) is 0 Å². The highest BCUT2D eigenvalue weighted by Crippen LogP contribution is 2.52. The Labute approximate surface area is 163 Å². The van der Waals surface area contributed by atoms with E-state index in [0.29, 0.717) is 0 Å². The van der Waals surface area contributed by atoms with Crippen molar-refractivity contribution in [3.05, 3.63) is 47.4 Å². The van der Waals surface area contributed by atoms with Gasteiger partial charge in [0.05, 0.1) is 17.5 Å². The summed E-state index contributed by atoms with van der Waals surface area (Å²) in [5.41, 5.74) is 4.20.